The number of nitrogens with two attached hydrogens (primary N) is 1. The minimum atomic E-state index is -1.42. The van der Waals surface area contributed by atoms with Gasteiger partial charge in [-0.25, -0.2) is 4.79 Å². The van der Waals surface area contributed by atoms with Crippen molar-refractivity contribution in [1.29, 1.82) is 0 Å². The largest absolute Gasteiger partial charge is 0.477 e. The maximum Gasteiger partial charge on any atom is 0.344 e. The van der Waals surface area contributed by atoms with E-state index in [-0.39, 0.29) is 10.2 Å². The molecule has 0 bridgehead atoms. The van der Waals surface area contributed by atoms with E-state index in [1.165, 1.54) is 12.1 Å². The highest BCUT2D eigenvalue weighted by Crippen LogP contribution is 2.32. The molecule has 0 saturated carbocycles. The van der Waals surface area contributed by atoms with E-state index in [2.05, 4.69) is 15.9 Å². The third-order valence-corrected chi connectivity index (χ3v) is 2.20. The van der Waals surface area contributed by atoms with Gasteiger partial charge in [-0.15, -0.1) is 0 Å². The third-order valence-electron chi connectivity index (χ3n) is 1.56. The molecule has 0 spiro atoms. The summed E-state index contributed by atoms with van der Waals surface area (Å²) >= 11 is 2.89. The number of halogens is 1. The number of aromatic carboxylic acids is 1. The number of carboxylic acids is 1. The fourth-order valence-corrected chi connectivity index (χ4v) is 1.46. The average molecular weight is 261 g/mol. The van der Waals surface area contributed by atoms with E-state index in [1.54, 1.807) is 0 Å². The number of nitrogens with zero attached hydrogens (tertiary/aromatic N) is 1. The Morgan fingerprint density at radius 1 is 1.57 bits per heavy atom. The Kier molecular flexibility index (Phi) is 2.70. The SMILES string of the molecule is Nc1ccc(Br)c([N+](=O)[O-])c1C(=O)O. The lowest BCUT2D eigenvalue weighted by Crippen LogP contribution is -2.07. The number of nitro benzene ring substituents is 1. The Morgan fingerprint density at radius 3 is 2.50 bits per heavy atom. The van der Waals surface area contributed by atoms with Gasteiger partial charge in [0.25, 0.3) is 5.69 Å². The van der Waals surface area contributed by atoms with Crippen LogP contribution in [0.25, 0.3) is 0 Å². The zero-order valence-electron chi connectivity index (χ0n) is 6.73. The van der Waals surface area contributed by atoms with Crippen molar-refractivity contribution in [3.8, 4) is 0 Å². The number of nitro groups is 1. The molecule has 7 heteroatoms. The second kappa shape index (κ2) is 3.62. The maximum atomic E-state index is 10.7. The average Bonchev–Trinajstić information content (AvgIpc) is 2.07. The molecule has 0 fully saturated rings. The van der Waals surface area contributed by atoms with Gasteiger partial charge in [0.2, 0.25) is 0 Å². The molecule has 0 unspecified atom stereocenters. The van der Waals surface area contributed by atoms with Gasteiger partial charge in [0.05, 0.1) is 15.1 Å². The molecule has 74 valence electrons. The fraction of sp³-hybridized carbons (Fsp3) is 0. The van der Waals surface area contributed by atoms with E-state index in [0.29, 0.717) is 0 Å². The fourth-order valence-electron chi connectivity index (χ4n) is 0.985. The first-order valence-electron chi connectivity index (χ1n) is 3.40. The molecular formula is C7H5BrN2O4. The molecule has 0 aliphatic rings. The van der Waals surface area contributed by atoms with Gasteiger partial charge in [-0.3, -0.25) is 10.1 Å². The van der Waals surface area contributed by atoms with Crippen LogP contribution in [-0.4, -0.2) is 16.0 Å². The Balaban J connectivity index is 3.58. The highest BCUT2D eigenvalue weighted by Gasteiger charge is 2.25. The van der Waals surface area contributed by atoms with Gasteiger partial charge in [-0.05, 0) is 28.1 Å². The molecular weight excluding hydrogens is 256 g/mol. The number of anilines is 1. The van der Waals surface area contributed by atoms with E-state index in [1.807, 2.05) is 0 Å². The van der Waals surface area contributed by atoms with Gasteiger partial charge in [-0.2, -0.15) is 0 Å². The lowest BCUT2D eigenvalue weighted by atomic mass is 10.1. The van der Waals surface area contributed by atoms with Crippen LogP contribution < -0.4 is 5.73 Å². The molecule has 1 rings (SSSR count). The van der Waals surface area contributed by atoms with Crippen LogP contribution in [0.2, 0.25) is 0 Å². The van der Waals surface area contributed by atoms with Crippen LogP contribution in [0.5, 0.6) is 0 Å². The summed E-state index contributed by atoms with van der Waals surface area (Å²) in [6.45, 7) is 0. The molecule has 3 N–H and O–H groups in total. The highest BCUT2D eigenvalue weighted by atomic mass is 79.9. The summed E-state index contributed by atoms with van der Waals surface area (Å²) in [7, 11) is 0. The Labute approximate surface area is 86.6 Å². The molecule has 0 saturated heterocycles. The molecule has 6 nitrogen and oxygen atoms in total. The quantitative estimate of drug-likeness (QED) is 0.478. The monoisotopic (exact) mass is 260 g/mol. The second-order valence-corrected chi connectivity index (χ2v) is 3.28. The van der Waals surface area contributed by atoms with Gasteiger partial charge in [-0.1, -0.05) is 0 Å². The summed E-state index contributed by atoms with van der Waals surface area (Å²) < 4.78 is 0.0918. The summed E-state index contributed by atoms with van der Waals surface area (Å²) in [6.07, 6.45) is 0. The number of hydrogen-bond acceptors (Lipinski definition) is 4. The van der Waals surface area contributed by atoms with E-state index < -0.39 is 22.1 Å². The zero-order valence-corrected chi connectivity index (χ0v) is 8.32. The van der Waals surface area contributed by atoms with Crippen molar-refractivity contribution in [3.05, 3.63) is 32.3 Å². The van der Waals surface area contributed by atoms with E-state index in [9.17, 15) is 14.9 Å². The van der Waals surface area contributed by atoms with Crippen LogP contribution in [0.15, 0.2) is 16.6 Å². The number of carbonyl (C=O) groups is 1. The Hall–Kier alpha value is -1.63. The maximum absolute atomic E-state index is 10.7. The van der Waals surface area contributed by atoms with Crippen molar-refractivity contribution in [2.75, 3.05) is 5.73 Å². The number of benzene rings is 1. The first-order valence-corrected chi connectivity index (χ1v) is 4.20. The van der Waals surface area contributed by atoms with Crippen LogP contribution in [0, 0.1) is 10.1 Å². The van der Waals surface area contributed by atoms with Crippen molar-refractivity contribution < 1.29 is 14.8 Å². The summed E-state index contributed by atoms with van der Waals surface area (Å²) in [6, 6.07) is 2.63. The topological polar surface area (TPSA) is 106 Å². The lowest BCUT2D eigenvalue weighted by Gasteiger charge is -2.02. The normalized spacial score (nSPS) is 9.79. The molecule has 0 aromatic heterocycles. The van der Waals surface area contributed by atoms with Crippen LogP contribution in [0.3, 0.4) is 0 Å². The van der Waals surface area contributed by atoms with Gasteiger partial charge >= 0.3 is 5.97 Å². The number of hydrogen-bond donors (Lipinski definition) is 2. The molecule has 14 heavy (non-hydrogen) atoms. The first kappa shape index (κ1) is 10.5. The Bertz CT molecular complexity index is 379. The molecule has 0 heterocycles. The van der Waals surface area contributed by atoms with Gasteiger partial charge in [0.15, 0.2) is 5.56 Å². The minimum absolute atomic E-state index is 0.0918. The van der Waals surface area contributed by atoms with Crippen LogP contribution >= 0.6 is 15.9 Å². The predicted molar refractivity (Wildman–Crippen MR) is 52.2 cm³/mol. The van der Waals surface area contributed by atoms with Gasteiger partial charge in [0, 0.05) is 0 Å². The second-order valence-electron chi connectivity index (χ2n) is 2.42. The Morgan fingerprint density at radius 2 is 2.14 bits per heavy atom. The van der Waals surface area contributed by atoms with E-state index in [4.69, 9.17) is 10.8 Å². The smallest absolute Gasteiger partial charge is 0.344 e. The minimum Gasteiger partial charge on any atom is -0.477 e. The van der Waals surface area contributed by atoms with Gasteiger partial charge in [0.1, 0.15) is 0 Å². The molecule has 1 aromatic carbocycles. The number of carboxylic acid groups (broad SMARTS) is 1. The standard InChI is InChI=1S/C7H5BrN2O4/c8-3-1-2-4(9)5(7(11)12)6(3)10(13)14/h1-2H,9H2,(H,11,12). The summed E-state index contributed by atoms with van der Waals surface area (Å²) in [5.41, 5.74) is 4.16. The predicted octanol–water partition coefficient (Wildman–Crippen LogP) is 1.64. The number of nitrogen functional groups attached to an aromatic ring is 1. The van der Waals surface area contributed by atoms with Gasteiger partial charge < -0.3 is 10.8 Å². The lowest BCUT2D eigenvalue weighted by molar-refractivity contribution is -0.385. The molecule has 0 atom stereocenters. The molecule has 0 aliphatic carbocycles. The van der Waals surface area contributed by atoms with Crippen molar-refractivity contribution in [1.82, 2.24) is 0 Å². The molecule has 1 aromatic rings. The summed E-state index contributed by atoms with van der Waals surface area (Å²) in [5.74, 6) is -1.42. The highest BCUT2D eigenvalue weighted by molar-refractivity contribution is 9.10. The summed E-state index contributed by atoms with van der Waals surface area (Å²) in [5, 5.41) is 19.3. The van der Waals surface area contributed by atoms with Crippen molar-refractivity contribution in [2.24, 2.45) is 0 Å². The van der Waals surface area contributed by atoms with Crippen molar-refractivity contribution in [3.63, 3.8) is 0 Å². The number of rotatable bonds is 2. The summed E-state index contributed by atoms with van der Waals surface area (Å²) in [4.78, 5) is 20.5. The van der Waals surface area contributed by atoms with E-state index >= 15 is 0 Å². The third kappa shape index (κ3) is 1.67. The molecule has 0 aliphatic heterocycles. The van der Waals surface area contributed by atoms with Crippen LogP contribution in [-0.2, 0) is 0 Å². The van der Waals surface area contributed by atoms with Crippen molar-refractivity contribution >= 4 is 33.3 Å². The zero-order chi connectivity index (χ0) is 10.9. The van der Waals surface area contributed by atoms with Crippen LogP contribution in [0.1, 0.15) is 10.4 Å². The van der Waals surface area contributed by atoms with E-state index in [0.717, 1.165) is 0 Å². The molecule has 0 radical (unpaired) electrons. The molecule has 0 amide bonds. The van der Waals surface area contributed by atoms with Crippen molar-refractivity contribution in [2.45, 2.75) is 0 Å². The first-order chi connectivity index (χ1) is 6.45. The van der Waals surface area contributed by atoms with Crippen LogP contribution in [0.4, 0.5) is 11.4 Å².